The average molecular weight is 268 g/mol. The van der Waals surface area contributed by atoms with E-state index in [9.17, 15) is 8.78 Å². The van der Waals surface area contributed by atoms with Crippen molar-refractivity contribution >= 4 is 0 Å². The van der Waals surface area contributed by atoms with Crippen LogP contribution in [0.4, 0.5) is 8.78 Å². The van der Waals surface area contributed by atoms with Gasteiger partial charge in [0.15, 0.2) is 11.6 Å². The Bertz CT molecular complexity index is 465. The summed E-state index contributed by atoms with van der Waals surface area (Å²) in [5.41, 5.74) is 6.42. The first-order valence-corrected chi connectivity index (χ1v) is 6.81. The number of nitrogens with zero attached hydrogens (tertiary/aromatic N) is 1. The van der Waals surface area contributed by atoms with Crippen LogP contribution in [0.25, 0.3) is 0 Å². The molecule has 1 aromatic rings. The van der Waals surface area contributed by atoms with Crippen molar-refractivity contribution in [3.8, 4) is 0 Å². The van der Waals surface area contributed by atoms with E-state index in [-0.39, 0.29) is 11.1 Å². The lowest BCUT2D eigenvalue weighted by molar-refractivity contribution is 0.122. The van der Waals surface area contributed by atoms with Gasteiger partial charge >= 0.3 is 0 Å². The SMILES string of the molecule is Cc1ccc(C(N)C(C)(C)N2CCCC2)c(F)c1F. The van der Waals surface area contributed by atoms with Crippen LogP contribution in [0, 0.1) is 18.6 Å². The van der Waals surface area contributed by atoms with Gasteiger partial charge in [0.2, 0.25) is 0 Å². The van der Waals surface area contributed by atoms with Gasteiger partial charge in [0, 0.05) is 11.1 Å². The Morgan fingerprint density at radius 1 is 1.16 bits per heavy atom. The van der Waals surface area contributed by atoms with Crippen molar-refractivity contribution in [1.82, 2.24) is 4.90 Å². The summed E-state index contributed by atoms with van der Waals surface area (Å²) in [7, 11) is 0. The van der Waals surface area contributed by atoms with Crippen molar-refractivity contribution in [2.45, 2.75) is 45.2 Å². The molecule has 0 amide bonds. The van der Waals surface area contributed by atoms with E-state index < -0.39 is 17.7 Å². The number of hydrogen-bond donors (Lipinski definition) is 1. The monoisotopic (exact) mass is 268 g/mol. The van der Waals surface area contributed by atoms with Gasteiger partial charge in [-0.2, -0.15) is 0 Å². The maximum absolute atomic E-state index is 14.1. The Morgan fingerprint density at radius 3 is 2.32 bits per heavy atom. The molecule has 1 atom stereocenters. The predicted molar refractivity (Wildman–Crippen MR) is 72.9 cm³/mol. The van der Waals surface area contributed by atoms with Crippen LogP contribution in [0.1, 0.15) is 43.9 Å². The Labute approximate surface area is 113 Å². The van der Waals surface area contributed by atoms with Gasteiger partial charge in [-0.3, -0.25) is 4.90 Å². The molecular formula is C15H22F2N2. The van der Waals surface area contributed by atoms with Gasteiger partial charge in [0.05, 0.1) is 6.04 Å². The smallest absolute Gasteiger partial charge is 0.163 e. The van der Waals surface area contributed by atoms with Gasteiger partial charge in [-0.05, 0) is 52.3 Å². The third-order valence-electron chi connectivity index (χ3n) is 4.32. The van der Waals surface area contributed by atoms with E-state index in [1.165, 1.54) is 0 Å². The summed E-state index contributed by atoms with van der Waals surface area (Å²) in [6.07, 6.45) is 2.28. The minimum absolute atomic E-state index is 0.264. The molecule has 2 nitrogen and oxygen atoms in total. The van der Waals surface area contributed by atoms with Crippen LogP contribution in [-0.2, 0) is 0 Å². The zero-order valence-corrected chi connectivity index (χ0v) is 11.8. The summed E-state index contributed by atoms with van der Waals surface area (Å²) < 4.78 is 27.7. The van der Waals surface area contributed by atoms with E-state index in [1.54, 1.807) is 19.1 Å². The topological polar surface area (TPSA) is 29.3 Å². The minimum atomic E-state index is -0.806. The molecule has 1 aliphatic rings. The molecule has 19 heavy (non-hydrogen) atoms. The van der Waals surface area contributed by atoms with E-state index in [0.717, 1.165) is 25.9 Å². The number of rotatable bonds is 3. The molecule has 0 saturated carbocycles. The molecule has 0 bridgehead atoms. The number of benzene rings is 1. The largest absolute Gasteiger partial charge is 0.322 e. The van der Waals surface area contributed by atoms with E-state index in [1.807, 2.05) is 13.8 Å². The fraction of sp³-hybridized carbons (Fsp3) is 0.600. The van der Waals surface area contributed by atoms with Crippen molar-refractivity contribution in [3.63, 3.8) is 0 Å². The Morgan fingerprint density at radius 2 is 1.74 bits per heavy atom. The molecule has 2 rings (SSSR count). The molecule has 1 heterocycles. The fourth-order valence-corrected chi connectivity index (χ4v) is 2.77. The summed E-state index contributed by atoms with van der Waals surface area (Å²) >= 11 is 0. The van der Waals surface area contributed by atoms with E-state index in [2.05, 4.69) is 4.90 Å². The van der Waals surface area contributed by atoms with Gasteiger partial charge in [0.25, 0.3) is 0 Å². The van der Waals surface area contributed by atoms with Crippen LogP contribution in [0.5, 0.6) is 0 Å². The lowest BCUT2D eigenvalue weighted by Crippen LogP contribution is -2.50. The minimum Gasteiger partial charge on any atom is -0.322 e. The van der Waals surface area contributed by atoms with Crippen LogP contribution < -0.4 is 5.73 Å². The van der Waals surface area contributed by atoms with Crippen molar-refractivity contribution in [1.29, 1.82) is 0 Å². The number of likely N-dealkylation sites (tertiary alicyclic amines) is 1. The average Bonchev–Trinajstić information content (AvgIpc) is 2.90. The Hall–Kier alpha value is -1.00. The highest BCUT2D eigenvalue weighted by Gasteiger charge is 2.37. The van der Waals surface area contributed by atoms with Gasteiger partial charge in [-0.15, -0.1) is 0 Å². The number of aryl methyl sites for hydroxylation is 1. The first-order valence-electron chi connectivity index (χ1n) is 6.81. The fourth-order valence-electron chi connectivity index (χ4n) is 2.77. The second kappa shape index (κ2) is 5.17. The third kappa shape index (κ3) is 2.51. The number of hydrogen-bond acceptors (Lipinski definition) is 2. The molecule has 4 heteroatoms. The maximum atomic E-state index is 14.1. The second-order valence-corrected chi connectivity index (χ2v) is 5.93. The van der Waals surface area contributed by atoms with Gasteiger partial charge in [-0.1, -0.05) is 12.1 Å². The summed E-state index contributed by atoms with van der Waals surface area (Å²) in [5.74, 6) is -1.59. The van der Waals surface area contributed by atoms with Crippen LogP contribution in [-0.4, -0.2) is 23.5 Å². The van der Waals surface area contributed by atoms with Gasteiger partial charge < -0.3 is 5.73 Å². The van der Waals surface area contributed by atoms with Crippen LogP contribution >= 0.6 is 0 Å². The summed E-state index contributed by atoms with van der Waals surface area (Å²) in [6.45, 7) is 7.49. The highest BCUT2D eigenvalue weighted by Crippen LogP contribution is 2.33. The van der Waals surface area contributed by atoms with Crippen molar-refractivity contribution < 1.29 is 8.78 Å². The standard InChI is InChI=1S/C15H22F2N2/c1-10-6-7-11(13(17)12(10)16)14(18)15(2,3)19-8-4-5-9-19/h6-7,14H,4-5,8-9,18H2,1-3H3. The molecule has 106 valence electrons. The third-order valence-corrected chi connectivity index (χ3v) is 4.32. The molecule has 0 spiro atoms. The Kier molecular flexibility index (Phi) is 3.92. The van der Waals surface area contributed by atoms with Crippen molar-refractivity contribution in [2.24, 2.45) is 5.73 Å². The molecule has 1 fully saturated rings. The van der Waals surface area contributed by atoms with Gasteiger partial charge in [0.1, 0.15) is 0 Å². The number of halogens is 2. The first-order chi connectivity index (χ1) is 8.85. The molecule has 0 radical (unpaired) electrons. The van der Waals surface area contributed by atoms with Crippen LogP contribution in [0.15, 0.2) is 12.1 Å². The number of nitrogens with two attached hydrogens (primary N) is 1. The molecule has 1 aromatic carbocycles. The van der Waals surface area contributed by atoms with Crippen LogP contribution in [0.2, 0.25) is 0 Å². The highest BCUT2D eigenvalue weighted by atomic mass is 19.2. The van der Waals surface area contributed by atoms with Crippen molar-refractivity contribution in [3.05, 3.63) is 34.9 Å². The zero-order valence-electron chi connectivity index (χ0n) is 11.8. The summed E-state index contributed by atoms with van der Waals surface area (Å²) in [6, 6.07) is 2.66. The lowest BCUT2D eigenvalue weighted by atomic mass is 9.87. The van der Waals surface area contributed by atoms with Crippen molar-refractivity contribution in [2.75, 3.05) is 13.1 Å². The lowest BCUT2D eigenvalue weighted by Gasteiger charge is -2.40. The molecule has 0 aliphatic carbocycles. The second-order valence-electron chi connectivity index (χ2n) is 5.93. The quantitative estimate of drug-likeness (QED) is 0.912. The highest BCUT2D eigenvalue weighted by molar-refractivity contribution is 5.29. The first kappa shape index (κ1) is 14.4. The van der Waals surface area contributed by atoms with Gasteiger partial charge in [-0.25, -0.2) is 8.78 Å². The zero-order chi connectivity index (χ0) is 14.2. The van der Waals surface area contributed by atoms with E-state index >= 15 is 0 Å². The normalized spacial score (nSPS) is 18.8. The molecular weight excluding hydrogens is 246 g/mol. The maximum Gasteiger partial charge on any atom is 0.163 e. The molecule has 2 N–H and O–H groups in total. The van der Waals surface area contributed by atoms with Crippen LogP contribution in [0.3, 0.4) is 0 Å². The molecule has 1 unspecified atom stereocenters. The molecule has 1 saturated heterocycles. The Balaban J connectivity index is 2.33. The summed E-state index contributed by atoms with van der Waals surface area (Å²) in [4.78, 5) is 2.26. The summed E-state index contributed by atoms with van der Waals surface area (Å²) in [5, 5.41) is 0. The molecule has 0 aromatic heterocycles. The van der Waals surface area contributed by atoms with E-state index in [4.69, 9.17) is 5.73 Å². The van der Waals surface area contributed by atoms with E-state index in [0.29, 0.717) is 5.56 Å². The predicted octanol–water partition coefficient (Wildman–Crippen LogP) is 3.15. The molecule has 1 aliphatic heterocycles.